The normalized spacial score (nSPS) is 13.5. The van der Waals surface area contributed by atoms with E-state index in [1.807, 2.05) is 0 Å². The van der Waals surface area contributed by atoms with E-state index in [0.29, 0.717) is 0 Å². The molecule has 0 aromatic heterocycles. The molecule has 0 atom stereocenters. The first-order chi connectivity index (χ1) is 41.4. The van der Waals surface area contributed by atoms with Crippen LogP contribution in [0, 0.1) is 0 Å². The fourth-order valence-electron chi connectivity index (χ4n) is 14.8. The molecule has 84 heavy (non-hydrogen) atoms. The molecule has 15 rings (SSSR count). The molecule has 0 amide bonds. The molecule has 0 unspecified atom stereocenters. The van der Waals surface area contributed by atoms with Crippen LogP contribution in [0.15, 0.2) is 291 Å². The van der Waals surface area contributed by atoms with E-state index in [2.05, 4.69) is 329 Å². The summed E-state index contributed by atoms with van der Waals surface area (Å²) in [6, 6.07) is 109. The van der Waals surface area contributed by atoms with Crippen molar-refractivity contribution in [2.75, 3.05) is 9.80 Å². The fourth-order valence-corrected chi connectivity index (χ4v) is 14.8. The van der Waals surface area contributed by atoms with Crippen LogP contribution in [0.25, 0.3) is 66.1 Å². The van der Waals surface area contributed by atoms with Crippen molar-refractivity contribution in [1.82, 2.24) is 0 Å². The van der Waals surface area contributed by atoms with Crippen LogP contribution in [0.3, 0.4) is 0 Å². The third-order valence-electron chi connectivity index (χ3n) is 18.5. The number of fused-ring (bicyclic) bond motifs is 7. The number of anilines is 6. The van der Waals surface area contributed by atoms with E-state index in [0.717, 1.165) is 24.2 Å². The van der Waals surface area contributed by atoms with Gasteiger partial charge in [-0.1, -0.05) is 276 Å². The third kappa shape index (κ3) is 7.70. The van der Waals surface area contributed by atoms with Crippen molar-refractivity contribution in [2.24, 2.45) is 0 Å². The quantitative estimate of drug-likeness (QED) is 0.119. The van der Waals surface area contributed by atoms with Crippen LogP contribution >= 0.6 is 0 Å². The second-order valence-corrected chi connectivity index (χ2v) is 23.1. The van der Waals surface area contributed by atoms with Crippen molar-refractivity contribution in [3.8, 4) is 44.5 Å². The minimum Gasteiger partial charge on any atom is -0.309 e. The second-order valence-electron chi connectivity index (χ2n) is 23.1. The number of hydrogen-bond donors (Lipinski definition) is 0. The average Bonchev–Trinajstić information content (AvgIpc) is 1.54. The summed E-state index contributed by atoms with van der Waals surface area (Å²) in [5, 5.41) is 4.83. The summed E-state index contributed by atoms with van der Waals surface area (Å²) in [5.41, 5.74) is 26.3. The van der Waals surface area contributed by atoms with E-state index in [-0.39, 0.29) is 5.41 Å². The number of aryl methyl sites for hydroxylation is 2. The molecule has 0 saturated heterocycles. The number of hydrogen-bond acceptors (Lipinski definition) is 2. The Balaban J connectivity index is 1.09. The van der Waals surface area contributed by atoms with Gasteiger partial charge in [0.2, 0.25) is 0 Å². The molecule has 0 N–H and O–H groups in total. The Kier molecular flexibility index (Phi) is 12.4. The van der Waals surface area contributed by atoms with Crippen molar-refractivity contribution in [2.45, 2.75) is 51.4 Å². The summed E-state index contributed by atoms with van der Waals surface area (Å²) in [6.45, 7) is 9.37. The highest BCUT2D eigenvalue weighted by Gasteiger charge is 2.47. The van der Waals surface area contributed by atoms with Gasteiger partial charge in [0.05, 0.1) is 22.5 Å². The number of nitrogens with zero attached hydrogens (tertiary/aromatic N) is 2. The SMILES string of the molecule is CCc1ccccc1N(c1ccccc1)c1c(CC)cccc1-c1cccc2c(-c3cccc4c3-c3ccccc3C4(c3ccccc3)c3ccccc3)c3cccc(-c4cccc5c4N(c4ccccc4)c4ccccc4C5(C)C)c3cc12. The fraction of sp³-hybridized carbons (Fsp3) is 0.0976. The standard InChI is InChI=1S/C82H64N2/c1-5-55-30-19-23-52-75(55)83(59-36-15-9-16-37-59)79-56(6-2)31-25-45-65(79)61-41-26-43-63-69(61)54-70-62(66-46-28-51-74-80(66)84(60-38-17-10-18-39-60)76-53-24-22-49-72(76)81(74,3)4)42-27-44-64(70)77(63)68-47-29-50-73-78(68)67-40-20-21-48-71(67)82(73,57-32-11-7-12-33-57)58-34-13-8-14-35-58/h7-54H,5-6H2,1-4H3. The summed E-state index contributed by atoms with van der Waals surface area (Å²) < 4.78 is 0. The molecule has 2 nitrogen and oxygen atoms in total. The molecule has 2 heteroatoms. The Labute approximate surface area is 494 Å². The predicted octanol–water partition coefficient (Wildman–Crippen LogP) is 22.1. The van der Waals surface area contributed by atoms with E-state index >= 15 is 0 Å². The maximum atomic E-state index is 2.55. The Morgan fingerprint density at radius 3 is 1.50 bits per heavy atom. The maximum absolute atomic E-state index is 2.55. The summed E-state index contributed by atoms with van der Waals surface area (Å²) in [7, 11) is 0. The minimum atomic E-state index is -0.570. The lowest BCUT2D eigenvalue weighted by Gasteiger charge is -2.43. The van der Waals surface area contributed by atoms with Gasteiger partial charge in [-0.2, -0.15) is 0 Å². The lowest BCUT2D eigenvalue weighted by atomic mass is 9.67. The first-order valence-electron chi connectivity index (χ1n) is 29.9. The van der Waals surface area contributed by atoms with Crippen LogP contribution in [0.2, 0.25) is 0 Å². The topological polar surface area (TPSA) is 6.48 Å². The summed E-state index contributed by atoms with van der Waals surface area (Å²) in [5.74, 6) is 0. The van der Waals surface area contributed by atoms with Gasteiger partial charge in [0.15, 0.2) is 0 Å². The van der Waals surface area contributed by atoms with E-state index < -0.39 is 5.41 Å². The van der Waals surface area contributed by atoms with Crippen molar-refractivity contribution < 1.29 is 0 Å². The summed E-state index contributed by atoms with van der Waals surface area (Å²) in [4.78, 5) is 5.07. The van der Waals surface area contributed by atoms with Gasteiger partial charge in [-0.05, 0) is 155 Å². The lowest BCUT2D eigenvalue weighted by Crippen LogP contribution is -2.31. The van der Waals surface area contributed by atoms with Gasteiger partial charge in [-0.25, -0.2) is 0 Å². The molecule has 1 heterocycles. The lowest BCUT2D eigenvalue weighted by molar-refractivity contribution is 0.632. The zero-order chi connectivity index (χ0) is 56.5. The van der Waals surface area contributed by atoms with Gasteiger partial charge < -0.3 is 9.80 Å². The molecule has 0 fully saturated rings. The van der Waals surface area contributed by atoms with Crippen LogP contribution < -0.4 is 9.80 Å². The molecule has 0 radical (unpaired) electrons. The zero-order valence-electron chi connectivity index (χ0n) is 48.0. The second kappa shape index (κ2) is 20.4. The Morgan fingerprint density at radius 1 is 0.345 bits per heavy atom. The van der Waals surface area contributed by atoms with Crippen molar-refractivity contribution >= 4 is 55.7 Å². The van der Waals surface area contributed by atoms with E-state index in [1.54, 1.807) is 0 Å². The first-order valence-corrected chi connectivity index (χ1v) is 29.9. The highest BCUT2D eigenvalue weighted by atomic mass is 15.2. The molecule has 402 valence electrons. The number of para-hydroxylation sites is 6. The van der Waals surface area contributed by atoms with Crippen molar-refractivity contribution in [1.29, 1.82) is 0 Å². The Morgan fingerprint density at radius 2 is 0.821 bits per heavy atom. The minimum absolute atomic E-state index is 0.285. The first kappa shape index (κ1) is 50.9. The molecular weight excluding hydrogens is 1010 g/mol. The molecule has 1 aliphatic heterocycles. The van der Waals surface area contributed by atoms with E-state index in [9.17, 15) is 0 Å². The van der Waals surface area contributed by atoms with Crippen LogP contribution in [0.5, 0.6) is 0 Å². The highest BCUT2D eigenvalue weighted by Crippen LogP contribution is 2.61. The van der Waals surface area contributed by atoms with Crippen LogP contribution in [0.4, 0.5) is 34.1 Å². The van der Waals surface area contributed by atoms with Crippen molar-refractivity contribution in [3.05, 3.63) is 336 Å². The Bertz CT molecular complexity index is 4610. The largest absolute Gasteiger partial charge is 0.309 e. The van der Waals surface area contributed by atoms with Gasteiger partial charge in [0.25, 0.3) is 0 Å². The average molecular weight is 1080 g/mol. The smallest absolute Gasteiger partial charge is 0.0713 e. The molecule has 0 bridgehead atoms. The Hall–Kier alpha value is -10.0. The molecule has 2 aliphatic rings. The van der Waals surface area contributed by atoms with Gasteiger partial charge in [-0.15, -0.1) is 0 Å². The summed E-state index contributed by atoms with van der Waals surface area (Å²) in [6.07, 6.45) is 1.77. The molecule has 13 aromatic rings. The highest BCUT2D eigenvalue weighted by molar-refractivity contribution is 6.22. The number of rotatable bonds is 11. The van der Waals surface area contributed by atoms with E-state index in [1.165, 1.54) is 133 Å². The zero-order valence-corrected chi connectivity index (χ0v) is 48.0. The maximum Gasteiger partial charge on any atom is 0.0713 e. The molecule has 0 saturated carbocycles. The number of benzene rings is 13. The van der Waals surface area contributed by atoms with E-state index in [4.69, 9.17) is 0 Å². The van der Waals surface area contributed by atoms with Gasteiger partial charge in [0, 0.05) is 33.6 Å². The molecule has 0 spiro atoms. The molecular formula is C82H64N2. The van der Waals surface area contributed by atoms with Crippen LogP contribution in [-0.2, 0) is 23.7 Å². The van der Waals surface area contributed by atoms with Crippen molar-refractivity contribution in [3.63, 3.8) is 0 Å². The predicted molar refractivity (Wildman–Crippen MR) is 355 cm³/mol. The van der Waals surface area contributed by atoms with Gasteiger partial charge in [0.1, 0.15) is 0 Å². The molecule has 1 aliphatic carbocycles. The summed E-state index contributed by atoms with van der Waals surface area (Å²) >= 11 is 0. The third-order valence-corrected chi connectivity index (χ3v) is 18.5. The van der Waals surface area contributed by atoms with Gasteiger partial charge in [-0.3, -0.25) is 0 Å². The monoisotopic (exact) mass is 1080 g/mol. The van der Waals surface area contributed by atoms with Crippen LogP contribution in [0.1, 0.15) is 72.2 Å². The molecule has 13 aromatic carbocycles. The van der Waals surface area contributed by atoms with Gasteiger partial charge >= 0.3 is 0 Å². The van der Waals surface area contributed by atoms with Crippen LogP contribution in [-0.4, -0.2) is 0 Å².